The molecule has 1 fully saturated rings. The third-order valence-electron chi connectivity index (χ3n) is 5.96. The first-order chi connectivity index (χ1) is 15.2. The van der Waals surface area contributed by atoms with Crippen molar-refractivity contribution in [2.75, 3.05) is 18.0 Å². The number of nitrogens with one attached hydrogen (secondary N) is 1. The topological polar surface area (TPSA) is 76.2 Å². The van der Waals surface area contributed by atoms with Gasteiger partial charge in [0.15, 0.2) is 5.58 Å². The Labute approximate surface area is 180 Å². The lowest BCUT2D eigenvalue weighted by Gasteiger charge is -2.31. The highest BCUT2D eigenvalue weighted by molar-refractivity contribution is 5.80. The molecule has 0 bridgehead atoms. The molecule has 1 aliphatic rings. The van der Waals surface area contributed by atoms with Crippen molar-refractivity contribution in [3.05, 3.63) is 78.4 Å². The van der Waals surface area contributed by atoms with E-state index in [0.717, 1.165) is 48.4 Å². The Balaban J connectivity index is 1.27. The van der Waals surface area contributed by atoms with Crippen molar-refractivity contribution < 1.29 is 9.21 Å². The Kier molecular flexibility index (Phi) is 5.16. The Morgan fingerprint density at radius 2 is 1.84 bits per heavy atom. The van der Waals surface area contributed by atoms with E-state index in [1.54, 1.807) is 6.20 Å². The molecule has 0 radical (unpaired) electrons. The molecule has 0 spiro atoms. The van der Waals surface area contributed by atoms with Crippen LogP contribution in [-0.4, -0.2) is 33.5 Å². The van der Waals surface area contributed by atoms with E-state index in [9.17, 15) is 4.79 Å². The van der Waals surface area contributed by atoms with Gasteiger partial charge in [-0.05, 0) is 30.5 Å². The van der Waals surface area contributed by atoms with Crippen LogP contribution in [0.2, 0.25) is 0 Å². The molecule has 31 heavy (non-hydrogen) atoms. The molecule has 7 nitrogen and oxygen atoms in total. The molecule has 1 aliphatic heterocycles. The first-order valence-corrected chi connectivity index (χ1v) is 10.6. The van der Waals surface area contributed by atoms with Crippen LogP contribution < -0.4 is 10.2 Å². The number of amides is 1. The third-order valence-corrected chi connectivity index (χ3v) is 5.96. The van der Waals surface area contributed by atoms with E-state index in [-0.39, 0.29) is 17.9 Å². The summed E-state index contributed by atoms with van der Waals surface area (Å²) < 4.78 is 7.84. The molecule has 1 atom stereocenters. The summed E-state index contributed by atoms with van der Waals surface area (Å²) in [4.78, 5) is 24.4. The van der Waals surface area contributed by atoms with E-state index in [1.165, 1.54) is 0 Å². The summed E-state index contributed by atoms with van der Waals surface area (Å²) >= 11 is 0. The molecule has 1 saturated heterocycles. The van der Waals surface area contributed by atoms with Gasteiger partial charge in [0.2, 0.25) is 5.91 Å². The fourth-order valence-electron chi connectivity index (χ4n) is 4.19. The SMILES string of the molecule is Cn1ccnc1[C@H](NC(=O)C1CCN(c2nc3ccccc3o2)CC1)c1ccccc1. The standard InChI is InChI=1S/C24H25N5O2/c1-28-16-13-25-22(28)21(17-7-3-2-4-8-17)27-23(30)18-11-14-29(15-12-18)24-26-19-9-5-6-10-20(19)31-24/h2-10,13,16,18,21H,11-12,14-15H2,1H3,(H,27,30)/t21-/m1/s1. The second-order valence-corrected chi connectivity index (χ2v) is 7.97. The summed E-state index contributed by atoms with van der Waals surface area (Å²) in [6.45, 7) is 1.48. The Bertz CT molecular complexity index is 1140. The summed E-state index contributed by atoms with van der Waals surface area (Å²) in [5.74, 6) is 0.838. The van der Waals surface area contributed by atoms with Crippen molar-refractivity contribution >= 4 is 23.0 Å². The van der Waals surface area contributed by atoms with Gasteiger partial charge in [0.25, 0.3) is 6.01 Å². The lowest BCUT2D eigenvalue weighted by molar-refractivity contribution is -0.126. The fraction of sp³-hybridized carbons (Fsp3) is 0.292. The van der Waals surface area contributed by atoms with Crippen LogP contribution in [-0.2, 0) is 11.8 Å². The van der Waals surface area contributed by atoms with E-state index in [1.807, 2.05) is 72.4 Å². The minimum Gasteiger partial charge on any atom is -0.423 e. The fourth-order valence-corrected chi connectivity index (χ4v) is 4.19. The summed E-state index contributed by atoms with van der Waals surface area (Å²) in [6, 6.07) is 18.1. The zero-order valence-electron chi connectivity index (χ0n) is 17.4. The number of fused-ring (bicyclic) bond motifs is 1. The summed E-state index contributed by atoms with van der Waals surface area (Å²) in [5.41, 5.74) is 2.67. The van der Waals surface area contributed by atoms with Crippen molar-refractivity contribution in [3.8, 4) is 0 Å². The maximum absolute atomic E-state index is 13.2. The first kappa shape index (κ1) is 19.4. The Morgan fingerprint density at radius 3 is 2.55 bits per heavy atom. The van der Waals surface area contributed by atoms with Gasteiger partial charge < -0.3 is 19.2 Å². The van der Waals surface area contributed by atoms with Crippen molar-refractivity contribution in [2.24, 2.45) is 13.0 Å². The van der Waals surface area contributed by atoms with E-state index in [4.69, 9.17) is 4.42 Å². The first-order valence-electron chi connectivity index (χ1n) is 10.6. The number of nitrogens with zero attached hydrogens (tertiary/aromatic N) is 4. The number of anilines is 1. The van der Waals surface area contributed by atoms with E-state index < -0.39 is 0 Å². The van der Waals surface area contributed by atoms with Crippen LogP contribution in [0.5, 0.6) is 0 Å². The van der Waals surface area contributed by atoms with Crippen molar-refractivity contribution in [1.29, 1.82) is 0 Å². The predicted octanol–water partition coefficient (Wildman–Crippen LogP) is 3.68. The number of hydrogen-bond acceptors (Lipinski definition) is 5. The van der Waals surface area contributed by atoms with Gasteiger partial charge in [-0.15, -0.1) is 0 Å². The number of rotatable bonds is 5. The van der Waals surface area contributed by atoms with Gasteiger partial charge in [-0.3, -0.25) is 4.79 Å². The van der Waals surface area contributed by atoms with Gasteiger partial charge in [-0.2, -0.15) is 4.98 Å². The number of imidazole rings is 1. The van der Waals surface area contributed by atoms with E-state index in [0.29, 0.717) is 6.01 Å². The number of carbonyl (C=O) groups excluding carboxylic acids is 1. The van der Waals surface area contributed by atoms with Crippen LogP contribution >= 0.6 is 0 Å². The number of aromatic nitrogens is 3. The highest BCUT2D eigenvalue weighted by Crippen LogP contribution is 2.27. The van der Waals surface area contributed by atoms with Gasteiger partial charge in [0.1, 0.15) is 17.4 Å². The van der Waals surface area contributed by atoms with Gasteiger partial charge in [-0.1, -0.05) is 42.5 Å². The van der Waals surface area contributed by atoms with Crippen molar-refractivity contribution in [3.63, 3.8) is 0 Å². The van der Waals surface area contributed by atoms with Gasteiger partial charge >= 0.3 is 0 Å². The Hall–Kier alpha value is -3.61. The maximum atomic E-state index is 13.2. The van der Waals surface area contributed by atoms with E-state index in [2.05, 4.69) is 20.2 Å². The quantitative estimate of drug-likeness (QED) is 0.538. The normalized spacial score (nSPS) is 15.8. The number of benzene rings is 2. The van der Waals surface area contributed by atoms with Crippen LogP contribution in [0.25, 0.3) is 11.1 Å². The van der Waals surface area contributed by atoms with Crippen LogP contribution in [0.1, 0.15) is 30.3 Å². The zero-order chi connectivity index (χ0) is 21.2. The smallest absolute Gasteiger partial charge is 0.298 e. The molecule has 2 aromatic heterocycles. The largest absolute Gasteiger partial charge is 0.423 e. The number of carbonyl (C=O) groups is 1. The molecule has 0 aliphatic carbocycles. The second-order valence-electron chi connectivity index (χ2n) is 7.97. The van der Waals surface area contributed by atoms with Crippen LogP contribution in [0.15, 0.2) is 71.4 Å². The van der Waals surface area contributed by atoms with Gasteiger partial charge in [-0.25, -0.2) is 4.98 Å². The summed E-state index contributed by atoms with van der Waals surface area (Å²) in [6.07, 6.45) is 5.17. The molecule has 2 aromatic carbocycles. The van der Waals surface area contributed by atoms with Crippen molar-refractivity contribution in [2.45, 2.75) is 18.9 Å². The number of para-hydroxylation sites is 2. The average Bonchev–Trinajstić information content (AvgIpc) is 3.44. The van der Waals surface area contributed by atoms with Gasteiger partial charge in [0.05, 0.1) is 0 Å². The second kappa shape index (κ2) is 8.26. The molecule has 1 N–H and O–H groups in total. The number of hydrogen-bond donors (Lipinski definition) is 1. The Morgan fingerprint density at radius 1 is 1.10 bits per heavy atom. The molecule has 0 saturated carbocycles. The van der Waals surface area contributed by atoms with Crippen LogP contribution in [0, 0.1) is 5.92 Å². The number of oxazole rings is 1. The minimum absolute atomic E-state index is 0.0490. The molecule has 0 unspecified atom stereocenters. The van der Waals surface area contributed by atoms with Crippen LogP contribution in [0.3, 0.4) is 0 Å². The summed E-state index contributed by atoms with van der Waals surface area (Å²) in [5, 5.41) is 3.24. The lowest BCUT2D eigenvalue weighted by Crippen LogP contribution is -2.42. The molecule has 4 aromatic rings. The lowest BCUT2D eigenvalue weighted by atomic mass is 9.95. The van der Waals surface area contributed by atoms with Crippen molar-refractivity contribution in [1.82, 2.24) is 19.9 Å². The average molecular weight is 415 g/mol. The highest BCUT2D eigenvalue weighted by atomic mass is 16.4. The van der Waals surface area contributed by atoms with Crippen LogP contribution in [0.4, 0.5) is 6.01 Å². The summed E-state index contributed by atoms with van der Waals surface area (Å²) in [7, 11) is 1.95. The molecular formula is C24H25N5O2. The zero-order valence-corrected chi connectivity index (χ0v) is 17.4. The molecule has 7 heteroatoms. The molecular weight excluding hydrogens is 390 g/mol. The predicted molar refractivity (Wildman–Crippen MR) is 119 cm³/mol. The molecule has 3 heterocycles. The molecule has 1 amide bonds. The highest BCUT2D eigenvalue weighted by Gasteiger charge is 2.30. The van der Waals surface area contributed by atoms with E-state index >= 15 is 0 Å². The monoisotopic (exact) mass is 415 g/mol. The maximum Gasteiger partial charge on any atom is 0.298 e. The molecule has 5 rings (SSSR count). The number of aryl methyl sites for hydroxylation is 1. The minimum atomic E-state index is -0.274. The number of piperidine rings is 1. The third kappa shape index (κ3) is 3.91. The molecule has 158 valence electrons. The van der Waals surface area contributed by atoms with Gasteiger partial charge in [0, 0.05) is 38.4 Å².